The van der Waals surface area contributed by atoms with Crippen molar-refractivity contribution in [3.05, 3.63) is 38.7 Å². The first-order valence-electron chi connectivity index (χ1n) is 6.79. The monoisotopic (exact) mass is 432 g/mol. The molecule has 0 atom stereocenters. The van der Waals surface area contributed by atoms with Crippen LogP contribution in [0, 0.1) is 3.57 Å². The molecule has 112 valence electrons. The lowest BCUT2D eigenvalue weighted by Crippen LogP contribution is -2.17. The van der Waals surface area contributed by atoms with Crippen LogP contribution in [0.15, 0.2) is 29.2 Å². The third-order valence-corrected chi connectivity index (χ3v) is 5.45. The molecule has 0 radical (unpaired) electrons. The highest BCUT2D eigenvalue weighted by Crippen LogP contribution is 2.31. The molecule has 0 aliphatic carbocycles. The summed E-state index contributed by atoms with van der Waals surface area (Å²) in [4.78, 5) is 10.4. The van der Waals surface area contributed by atoms with E-state index in [-0.39, 0.29) is 5.41 Å². The average molecular weight is 433 g/mol. The number of nitrogens with zero attached hydrogens (tertiary/aromatic N) is 2. The number of aromatic nitrogens is 2. The summed E-state index contributed by atoms with van der Waals surface area (Å²) >= 11 is 10.3. The van der Waals surface area contributed by atoms with Gasteiger partial charge in [0.15, 0.2) is 5.82 Å². The number of benzene rings is 1. The molecule has 0 bridgehead atoms. The van der Waals surface area contributed by atoms with Gasteiger partial charge >= 0.3 is 0 Å². The van der Waals surface area contributed by atoms with Crippen molar-refractivity contribution < 1.29 is 0 Å². The van der Waals surface area contributed by atoms with Gasteiger partial charge in [0.25, 0.3) is 0 Å². The molecule has 0 unspecified atom stereocenters. The molecule has 2 rings (SSSR count). The highest BCUT2D eigenvalue weighted by atomic mass is 127. The fourth-order valence-electron chi connectivity index (χ4n) is 1.91. The summed E-state index contributed by atoms with van der Waals surface area (Å²) in [6.07, 6.45) is 0. The SMILES string of the molecule is CCSc1ccc(-c2nc(Cl)c(I)c(C(C)(C)C)n2)cc1. The lowest BCUT2D eigenvalue weighted by Gasteiger charge is -2.20. The van der Waals surface area contributed by atoms with Crippen LogP contribution < -0.4 is 0 Å². The Morgan fingerprint density at radius 3 is 2.29 bits per heavy atom. The zero-order chi connectivity index (χ0) is 15.6. The van der Waals surface area contributed by atoms with Gasteiger partial charge in [0.2, 0.25) is 0 Å². The van der Waals surface area contributed by atoms with Crippen LogP contribution in [0.25, 0.3) is 11.4 Å². The summed E-state index contributed by atoms with van der Waals surface area (Å²) in [5, 5.41) is 0.525. The van der Waals surface area contributed by atoms with E-state index in [2.05, 4.69) is 79.5 Å². The van der Waals surface area contributed by atoms with Crippen LogP contribution in [0.5, 0.6) is 0 Å². The van der Waals surface area contributed by atoms with Crippen molar-refractivity contribution >= 4 is 46.0 Å². The molecule has 21 heavy (non-hydrogen) atoms. The van der Waals surface area contributed by atoms with Crippen LogP contribution in [0.3, 0.4) is 0 Å². The normalized spacial score (nSPS) is 11.7. The summed E-state index contributed by atoms with van der Waals surface area (Å²) in [6.45, 7) is 8.56. The minimum Gasteiger partial charge on any atom is -0.231 e. The zero-order valence-corrected chi connectivity index (χ0v) is 16.3. The summed E-state index contributed by atoms with van der Waals surface area (Å²) in [7, 11) is 0. The maximum Gasteiger partial charge on any atom is 0.161 e. The van der Waals surface area contributed by atoms with E-state index in [4.69, 9.17) is 16.6 Å². The van der Waals surface area contributed by atoms with Gasteiger partial charge in [0.1, 0.15) is 5.15 Å². The molecule has 0 saturated heterocycles. The molecule has 5 heteroatoms. The molecule has 0 aliphatic rings. The Labute approximate surface area is 149 Å². The fourth-order valence-corrected chi connectivity index (χ4v) is 3.79. The Balaban J connectivity index is 2.47. The second-order valence-electron chi connectivity index (χ2n) is 5.71. The highest BCUT2D eigenvalue weighted by Gasteiger charge is 2.22. The van der Waals surface area contributed by atoms with Gasteiger partial charge in [-0.3, -0.25) is 0 Å². The van der Waals surface area contributed by atoms with Gasteiger partial charge in [0.05, 0.1) is 9.26 Å². The van der Waals surface area contributed by atoms with Crippen LogP contribution in [0.4, 0.5) is 0 Å². The maximum atomic E-state index is 6.29. The second-order valence-corrected chi connectivity index (χ2v) is 8.48. The van der Waals surface area contributed by atoms with E-state index in [0.717, 1.165) is 20.6 Å². The van der Waals surface area contributed by atoms with E-state index in [0.29, 0.717) is 11.0 Å². The van der Waals surface area contributed by atoms with Crippen LogP contribution in [-0.4, -0.2) is 15.7 Å². The fraction of sp³-hybridized carbons (Fsp3) is 0.375. The number of halogens is 2. The van der Waals surface area contributed by atoms with E-state index < -0.39 is 0 Å². The Bertz CT molecular complexity index is 636. The predicted octanol–water partition coefficient (Wildman–Crippen LogP) is 5.81. The van der Waals surface area contributed by atoms with Crippen molar-refractivity contribution in [1.29, 1.82) is 0 Å². The maximum absolute atomic E-state index is 6.29. The van der Waals surface area contributed by atoms with Crippen LogP contribution in [-0.2, 0) is 5.41 Å². The van der Waals surface area contributed by atoms with Gasteiger partial charge in [-0.2, -0.15) is 0 Å². The number of rotatable bonds is 3. The average Bonchev–Trinajstić information content (AvgIpc) is 2.41. The third-order valence-electron chi connectivity index (χ3n) is 2.94. The van der Waals surface area contributed by atoms with Crippen LogP contribution in [0.2, 0.25) is 5.15 Å². The molecule has 0 aliphatic heterocycles. The van der Waals surface area contributed by atoms with E-state index in [1.807, 2.05) is 11.8 Å². The van der Waals surface area contributed by atoms with Crippen molar-refractivity contribution in [3.8, 4) is 11.4 Å². The molecule has 0 N–H and O–H groups in total. The highest BCUT2D eigenvalue weighted by molar-refractivity contribution is 14.1. The Kier molecular flexibility index (Phi) is 5.54. The van der Waals surface area contributed by atoms with Gasteiger partial charge in [-0.05, 0) is 40.5 Å². The lowest BCUT2D eigenvalue weighted by molar-refractivity contribution is 0.563. The smallest absolute Gasteiger partial charge is 0.161 e. The Hall–Kier alpha value is -0.330. The molecule has 0 fully saturated rings. The van der Waals surface area contributed by atoms with Gasteiger partial charge < -0.3 is 0 Å². The van der Waals surface area contributed by atoms with Crippen LogP contribution in [0.1, 0.15) is 33.4 Å². The molecule has 0 amide bonds. The summed E-state index contributed by atoms with van der Waals surface area (Å²) < 4.78 is 0.934. The van der Waals surface area contributed by atoms with Crippen molar-refractivity contribution in [2.24, 2.45) is 0 Å². The third kappa shape index (κ3) is 4.11. The molecular formula is C16H18ClIN2S. The predicted molar refractivity (Wildman–Crippen MR) is 100 cm³/mol. The molecular weight excluding hydrogens is 415 g/mol. The zero-order valence-electron chi connectivity index (χ0n) is 12.6. The van der Waals surface area contributed by atoms with Crippen LogP contribution >= 0.6 is 46.0 Å². The van der Waals surface area contributed by atoms with Gasteiger partial charge in [0, 0.05) is 15.9 Å². The molecule has 0 saturated carbocycles. The second kappa shape index (κ2) is 6.84. The number of hydrogen-bond donors (Lipinski definition) is 0. The molecule has 2 aromatic rings. The largest absolute Gasteiger partial charge is 0.231 e. The number of thioether (sulfide) groups is 1. The topological polar surface area (TPSA) is 25.8 Å². The van der Waals surface area contributed by atoms with Crippen molar-refractivity contribution in [2.75, 3.05) is 5.75 Å². The molecule has 2 nitrogen and oxygen atoms in total. The molecule has 1 aromatic heterocycles. The quantitative estimate of drug-likeness (QED) is 0.348. The minimum absolute atomic E-state index is 0.0597. The molecule has 1 aromatic carbocycles. The first kappa shape index (κ1) is 17.0. The van der Waals surface area contributed by atoms with E-state index in [9.17, 15) is 0 Å². The summed E-state index contributed by atoms with van der Waals surface area (Å²) in [5.74, 6) is 1.76. The lowest BCUT2D eigenvalue weighted by atomic mass is 9.92. The van der Waals surface area contributed by atoms with Crippen molar-refractivity contribution in [3.63, 3.8) is 0 Å². The van der Waals surface area contributed by atoms with Gasteiger partial charge in [-0.1, -0.05) is 51.4 Å². The summed E-state index contributed by atoms with van der Waals surface area (Å²) in [5.41, 5.74) is 1.93. The Morgan fingerprint density at radius 2 is 1.76 bits per heavy atom. The first-order valence-corrected chi connectivity index (χ1v) is 9.24. The standard InChI is InChI=1S/C16H18ClIN2S/c1-5-21-11-8-6-10(7-9-11)15-19-13(16(2,3)4)12(18)14(17)20-15/h6-9H,5H2,1-4H3. The van der Waals surface area contributed by atoms with E-state index in [1.54, 1.807) is 0 Å². The Morgan fingerprint density at radius 1 is 1.14 bits per heavy atom. The van der Waals surface area contributed by atoms with Crippen molar-refractivity contribution in [1.82, 2.24) is 9.97 Å². The van der Waals surface area contributed by atoms with Gasteiger partial charge in [-0.25, -0.2) is 9.97 Å². The number of hydrogen-bond acceptors (Lipinski definition) is 3. The summed E-state index contributed by atoms with van der Waals surface area (Å²) in [6, 6.07) is 8.33. The van der Waals surface area contributed by atoms with E-state index >= 15 is 0 Å². The molecule has 1 heterocycles. The van der Waals surface area contributed by atoms with Gasteiger partial charge in [-0.15, -0.1) is 11.8 Å². The van der Waals surface area contributed by atoms with E-state index in [1.165, 1.54) is 4.90 Å². The molecule has 0 spiro atoms. The first-order chi connectivity index (χ1) is 9.82. The van der Waals surface area contributed by atoms with Crippen molar-refractivity contribution in [2.45, 2.75) is 38.0 Å². The minimum atomic E-state index is -0.0597.